The van der Waals surface area contributed by atoms with Gasteiger partial charge < -0.3 is 20.3 Å². The molecule has 0 aliphatic carbocycles. The average molecular weight is 360 g/mol. The van der Waals surface area contributed by atoms with Gasteiger partial charge in [0.25, 0.3) is 0 Å². The van der Waals surface area contributed by atoms with Crippen molar-refractivity contribution in [2.75, 3.05) is 17.2 Å². The standard InChI is InChI=1S/C20H20N6O/c1-26-17-5-3-2-4-16(17)24-20(26)25-19-12-18(22-13-23-19)21-11-10-14-6-8-15(27)9-7-14/h2-9,12-13,27H,10-11H2,1H3,(H2,21,22,23,24,25). The molecule has 0 unspecified atom stereocenters. The van der Waals surface area contributed by atoms with Crippen LogP contribution in [0.1, 0.15) is 5.56 Å². The van der Waals surface area contributed by atoms with Gasteiger partial charge in [0.2, 0.25) is 5.95 Å². The van der Waals surface area contributed by atoms with Gasteiger partial charge in [-0.3, -0.25) is 0 Å². The molecule has 0 spiro atoms. The van der Waals surface area contributed by atoms with Gasteiger partial charge in [-0.2, -0.15) is 0 Å². The monoisotopic (exact) mass is 360 g/mol. The maximum atomic E-state index is 9.33. The number of benzene rings is 2. The van der Waals surface area contributed by atoms with Crippen molar-refractivity contribution < 1.29 is 5.11 Å². The second-order valence-electron chi connectivity index (χ2n) is 6.24. The Kier molecular flexibility index (Phi) is 4.57. The molecule has 136 valence electrons. The molecule has 4 aromatic rings. The number of nitrogens with zero attached hydrogens (tertiary/aromatic N) is 4. The van der Waals surface area contributed by atoms with Crippen LogP contribution < -0.4 is 10.6 Å². The summed E-state index contributed by atoms with van der Waals surface area (Å²) in [6.45, 7) is 0.730. The number of hydrogen-bond acceptors (Lipinski definition) is 6. The Morgan fingerprint density at radius 3 is 2.59 bits per heavy atom. The number of nitrogens with one attached hydrogen (secondary N) is 2. The van der Waals surface area contributed by atoms with Crippen molar-refractivity contribution in [3.05, 3.63) is 66.5 Å². The Morgan fingerprint density at radius 2 is 1.78 bits per heavy atom. The summed E-state index contributed by atoms with van der Waals surface area (Å²) in [5.41, 5.74) is 3.14. The highest BCUT2D eigenvalue weighted by atomic mass is 16.3. The van der Waals surface area contributed by atoms with Gasteiger partial charge >= 0.3 is 0 Å². The van der Waals surface area contributed by atoms with E-state index in [1.807, 2.05) is 54.1 Å². The van der Waals surface area contributed by atoms with Crippen LogP contribution in [0.25, 0.3) is 11.0 Å². The van der Waals surface area contributed by atoms with E-state index in [9.17, 15) is 5.11 Å². The van der Waals surface area contributed by atoms with Gasteiger partial charge in [-0.25, -0.2) is 15.0 Å². The lowest BCUT2D eigenvalue weighted by Gasteiger charge is -2.09. The average Bonchev–Trinajstić information content (AvgIpc) is 3.00. The number of para-hydroxylation sites is 2. The highest BCUT2D eigenvalue weighted by Gasteiger charge is 2.08. The van der Waals surface area contributed by atoms with Crippen molar-refractivity contribution in [2.45, 2.75) is 6.42 Å². The van der Waals surface area contributed by atoms with Crippen LogP contribution in [0, 0.1) is 0 Å². The first-order valence-corrected chi connectivity index (χ1v) is 8.71. The zero-order chi connectivity index (χ0) is 18.6. The lowest BCUT2D eigenvalue weighted by atomic mass is 10.1. The molecule has 0 amide bonds. The lowest BCUT2D eigenvalue weighted by molar-refractivity contribution is 0.475. The van der Waals surface area contributed by atoms with Gasteiger partial charge in [-0.1, -0.05) is 24.3 Å². The van der Waals surface area contributed by atoms with Crippen LogP contribution in [0.2, 0.25) is 0 Å². The van der Waals surface area contributed by atoms with E-state index >= 15 is 0 Å². The number of phenols is 1. The minimum atomic E-state index is 0.278. The van der Waals surface area contributed by atoms with Crippen molar-refractivity contribution in [2.24, 2.45) is 7.05 Å². The molecule has 0 saturated heterocycles. The van der Waals surface area contributed by atoms with Gasteiger partial charge in [0, 0.05) is 19.7 Å². The van der Waals surface area contributed by atoms with Crippen molar-refractivity contribution >= 4 is 28.6 Å². The number of hydrogen-bond donors (Lipinski definition) is 3. The van der Waals surface area contributed by atoms with Crippen LogP contribution >= 0.6 is 0 Å². The number of aromatic hydroxyl groups is 1. The van der Waals surface area contributed by atoms with E-state index in [1.54, 1.807) is 12.1 Å². The zero-order valence-corrected chi connectivity index (χ0v) is 14.9. The molecule has 7 heteroatoms. The second-order valence-corrected chi connectivity index (χ2v) is 6.24. The summed E-state index contributed by atoms with van der Waals surface area (Å²) in [6.07, 6.45) is 2.35. The highest BCUT2D eigenvalue weighted by Crippen LogP contribution is 2.21. The van der Waals surface area contributed by atoms with Gasteiger partial charge in [0.1, 0.15) is 23.7 Å². The highest BCUT2D eigenvalue weighted by molar-refractivity contribution is 5.79. The molecule has 27 heavy (non-hydrogen) atoms. The lowest BCUT2D eigenvalue weighted by Crippen LogP contribution is -2.07. The summed E-state index contributed by atoms with van der Waals surface area (Å²) in [6, 6.07) is 17.1. The van der Waals surface area contributed by atoms with Crippen LogP contribution in [0.3, 0.4) is 0 Å². The summed E-state index contributed by atoms with van der Waals surface area (Å²) in [4.78, 5) is 13.1. The molecule has 0 atom stereocenters. The third kappa shape index (κ3) is 3.82. The molecule has 0 radical (unpaired) electrons. The number of phenolic OH excluding ortho intramolecular Hbond substituents is 1. The molecule has 0 aliphatic heterocycles. The Balaban J connectivity index is 1.42. The fourth-order valence-corrected chi connectivity index (χ4v) is 2.89. The second kappa shape index (κ2) is 7.33. The molecule has 0 bridgehead atoms. The topological polar surface area (TPSA) is 87.9 Å². The van der Waals surface area contributed by atoms with E-state index in [2.05, 4.69) is 25.6 Å². The Hall–Kier alpha value is -3.61. The van der Waals surface area contributed by atoms with Gasteiger partial charge in [-0.05, 0) is 36.2 Å². The van der Waals surface area contributed by atoms with Gasteiger partial charge in [0.05, 0.1) is 11.0 Å². The number of rotatable bonds is 6. The first kappa shape index (κ1) is 16.8. The largest absolute Gasteiger partial charge is 0.508 e. The normalized spacial score (nSPS) is 10.9. The number of aryl methyl sites for hydroxylation is 1. The SMILES string of the molecule is Cn1c(Nc2cc(NCCc3ccc(O)cc3)ncn2)nc2ccccc21. The van der Waals surface area contributed by atoms with Crippen LogP contribution in [0.15, 0.2) is 60.9 Å². The van der Waals surface area contributed by atoms with E-state index in [0.29, 0.717) is 5.82 Å². The molecular formula is C20H20N6O. The van der Waals surface area contributed by atoms with Crippen molar-refractivity contribution in [3.8, 4) is 5.75 Å². The van der Waals surface area contributed by atoms with Crippen molar-refractivity contribution in [3.63, 3.8) is 0 Å². The zero-order valence-electron chi connectivity index (χ0n) is 14.9. The summed E-state index contributed by atoms with van der Waals surface area (Å²) < 4.78 is 2.00. The molecule has 2 heterocycles. The van der Waals surface area contributed by atoms with Crippen molar-refractivity contribution in [1.82, 2.24) is 19.5 Å². The summed E-state index contributed by atoms with van der Waals surface area (Å²) in [5, 5.41) is 15.9. The van der Waals surface area contributed by atoms with Crippen LogP contribution in [-0.4, -0.2) is 31.2 Å². The summed E-state index contributed by atoms with van der Waals surface area (Å²) in [7, 11) is 1.97. The van der Waals surface area contributed by atoms with E-state index in [0.717, 1.165) is 41.3 Å². The molecular weight excluding hydrogens is 340 g/mol. The fraction of sp³-hybridized carbons (Fsp3) is 0.150. The summed E-state index contributed by atoms with van der Waals surface area (Å²) >= 11 is 0. The Morgan fingerprint density at radius 1 is 1.00 bits per heavy atom. The van der Waals surface area contributed by atoms with Crippen molar-refractivity contribution in [1.29, 1.82) is 0 Å². The number of imidazole rings is 1. The smallest absolute Gasteiger partial charge is 0.209 e. The molecule has 2 aromatic carbocycles. The first-order valence-electron chi connectivity index (χ1n) is 8.71. The van der Waals surface area contributed by atoms with E-state index in [1.165, 1.54) is 6.33 Å². The van der Waals surface area contributed by atoms with Crippen LogP contribution in [0.4, 0.5) is 17.6 Å². The third-order valence-corrected chi connectivity index (χ3v) is 4.35. The van der Waals surface area contributed by atoms with Crippen LogP contribution in [-0.2, 0) is 13.5 Å². The fourth-order valence-electron chi connectivity index (χ4n) is 2.89. The van der Waals surface area contributed by atoms with Gasteiger partial charge in [-0.15, -0.1) is 0 Å². The molecule has 4 rings (SSSR count). The van der Waals surface area contributed by atoms with E-state index < -0.39 is 0 Å². The molecule has 2 aromatic heterocycles. The first-order chi connectivity index (χ1) is 13.2. The molecule has 0 saturated carbocycles. The summed E-state index contributed by atoms with van der Waals surface area (Å²) in [5.74, 6) is 2.42. The molecule has 7 nitrogen and oxygen atoms in total. The number of fused-ring (bicyclic) bond motifs is 1. The predicted molar refractivity (Wildman–Crippen MR) is 106 cm³/mol. The minimum absolute atomic E-state index is 0.278. The Bertz CT molecular complexity index is 1060. The van der Waals surface area contributed by atoms with E-state index in [4.69, 9.17) is 0 Å². The maximum Gasteiger partial charge on any atom is 0.209 e. The molecule has 0 fully saturated rings. The Labute approximate surface area is 156 Å². The van der Waals surface area contributed by atoms with Crippen LogP contribution in [0.5, 0.6) is 5.75 Å². The van der Waals surface area contributed by atoms with Gasteiger partial charge in [0.15, 0.2) is 0 Å². The quantitative estimate of drug-likeness (QED) is 0.488. The third-order valence-electron chi connectivity index (χ3n) is 4.35. The predicted octanol–water partition coefficient (Wildman–Crippen LogP) is 3.47. The number of aromatic nitrogens is 4. The number of anilines is 3. The molecule has 3 N–H and O–H groups in total. The minimum Gasteiger partial charge on any atom is -0.508 e. The molecule has 0 aliphatic rings. The maximum absolute atomic E-state index is 9.33. The van der Waals surface area contributed by atoms with E-state index in [-0.39, 0.29) is 5.75 Å².